The molecule has 1 aliphatic heterocycles. The SMILES string of the molecule is OC1(c2cccnc2F)CCN(Cc2ccc(-c3nc4ccccc4s3)o2)CC1. The van der Waals surface area contributed by atoms with Gasteiger partial charge in [0.1, 0.15) is 5.76 Å². The molecule has 1 fully saturated rings. The van der Waals surface area contributed by atoms with Crippen LogP contribution < -0.4 is 0 Å². The van der Waals surface area contributed by atoms with Crippen molar-refractivity contribution in [2.45, 2.75) is 25.0 Å². The Labute approximate surface area is 171 Å². The van der Waals surface area contributed by atoms with Gasteiger partial charge in [0.15, 0.2) is 10.8 Å². The Hall–Kier alpha value is -2.61. The topological polar surface area (TPSA) is 62.4 Å². The summed E-state index contributed by atoms with van der Waals surface area (Å²) in [7, 11) is 0. The number of hydrogen-bond donors (Lipinski definition) is 1. The number of para-hydroxylation sites is 1. The number of hydrogen-bond acceptors (Lipinski definition) is 6. The normalized spacial score (nSPS) is 17.0. The number of likely N-dealkylation sites (tertiary alicyclic amines) is 1. The molecule has 0 radical (unpaired) electrons. The largest absolute Gasteiger partial charge is 0.457 e. The summed E-state index contributed by atoms with van der Waals surface area (Å²) in [5.41, 5.74) is 0.101. The number of furan rings is 1. The van der Waals surface area contributed by atoms with Crippen LogP contribution in [0.3, 0.4) is 0 Å². The Morgan fingerprint density at radius 3 is 2.72 bits per heavy atom. The number of pyridine rings is 1. The summed E-state index contributed by atoms with van der Waals surface area (Å²) in [6.07, 6.45) is 2.32. The third-order valence-electron chi connectivity index (χ3n) is 5.49. The monoisotopic (exact) mass is 409 g/mol. The van der Waals surface area contributed by atoms with Gasteiger partial charge in [0, 0.05) is 24.8 Å². The zero-order chi connectivity index (χ0) is 19.8. The number of rotatable bonds is 4. The van der Waals surface area contributed by atoms with E-state index >= 15 is 0 Å². The van der Waals surface area contributed by atoms with Crippen LogP contribution in [0, 0.1) is 5.95 Å². The van der Waals surface area contributed by atoms with Gasteiger partial charge >= 0.3 is 0 Å². The summed E-state index contributed by atoms with van der Waals surface area (Å²) in [5, 5.41) is 11.8. The Kier molecular flexibility index (Phi) is 4.66. The fourth-order valence-corrected chi connectivity index (χ4v) is 4.79. The van der Waals surface area contributed by atoms with Crippen LogP contribution >= 0.6 is 11.3 Å². The van der Waals surface area contributed by atoms with E-state index < -0.39 is 11.5 Å². The molecule has 0 aliphatic carbocycles. The van der Waals surface area contributed by atoms with Gasteiger partial charge < -0.3 is 9.52 Å². The van der Waals surface area contributed by atoms with Crippen molar-refractivity contribution < 1.29 is 13.9 Å². The van der Waals surface area contributed by atoms with Crippen molar-refractivity contribution in [3.8, 4) is 10.8 Å². The molecule has 0 bridgehead atoms. The highest BCUT2D eigenvalue weighted by Gasteiger charge is 2.36. The van der Waals surface area contributed by atoms with Gasteiger partial charge in [-0.15, -0.1) is 11.3 Å². The molecule has 1 saturated heterocycles. The molecule has 7 heteroatoms. The number of nitrogens with zero attached hydrogens (tertiary/aromatic N) is 3. The van der Waals surface area contributed by atoms with Gasteiger partial charge in [0.05, 0.1) is 22.4 Å². The van der Waals surface area contributed by atoms with Gasteiger partial charge in [-0.05, 0) is 43.2 Å². The minimum atomic E-state index is -1.16. The van der Waals surface area contributed by atoms with Crippen molar-refractivity contribution >= 4 is 21.6 Å². The van der Waals surface area contributed by atoms with E-state index in [1.54, 1.807) is 23.5 Å². The van der Waals surface area contributed by atoms with Gasteiger partial charge in [-0.2, -0.15) is 4.39 Å². The fourth-order valence-electron chi connectivity index (χ4n) is 3.86. The zero-order valence-corrected chi connectivity index (χ0v) is 16.5. The highest BCUT2D eigenvalue weighted by molar-refractivity contribution is 7.21. The van der Waals surface area contributed by atoms with Crippen LogP contribution in [0.5, 0.6) is 0 Å². The summed E-state index contributed by atoms with van der Waals surface area (Å²) in [6, 6.07) is 15.3. The average molecular weight is 409 g/mol. The highest BCUT2D eigenvalue weighted by Crippen LogP contribution is 2.35. The van der Waals surface area contributed by atoms with Crippen molar-refractivity contribution in [1.29, 1.82) is 0 Å². The molecule has 0 saturated carbocycles. The van der Waals surface area contributed by atoms with E-state index in [4.69, 9.17) is 4.42 Å². The fraction of sp³-hybridized carbons (Fsp3) is 0.273. The summed E-state index contributed by atoms with van der Waals surface area (Å²) in [6.45, 7) is 1.96. The van der Waals surface area contributed by atoms with Crippen molar-refractivity contribution in [1.82, 2.24) is 14.9 Å². The first kappa shape index (κ1) is 18.4. The lowest BCUT2D eigenvalue weighted by Crippen LogP contribution is -2.42. The average Bonchev–Trinajstić information content (AvgIpc) is 3.37. The standard InChI is InChI=1S/C22H20FN3O2S/c23-20-16(4-3-11-24-20)22(27)9-12-26(13-10-22)14-15-7-8-18(28-15)21-25-17-5-1-2-6-19(17)29-21/h1-8,11,27H,9-10,12-14H2. The minimum Gasteiger partial charge on any atom is -0.457 e. The van der Waals surface area contributed by atoms with E-state index in [9.17, 15) is 9.50 Å². The third-order valence-corrected chi connectivity index (χ3v) is 6.54. The predicted octanol–water partition coefficient (Wildman–Crippen LogP) is 4.57. The molecule has 1 aromatic carbocycles. The number of aromatic nitrogens is 2. The van der Waals surface area contributed by atoms with Gasteiger partial charge in [-0.1, -0.05) is 18.2 Å². The lowest BCUT2D eigenvalue weighted by molar-refractivity contribution is -0.0319. The second-order valence-corrected chi connectivity index (χ2v) is 8.43. The van der Waals surface area contributed by atoms with E-state index in [1.165, 1.54) is 6.20 Å². The van der Waals surface area contributed by atoms with E-state index in [0.29, 0.717) is 32.5 Å². The number of aliphatic hydroxyl groups is 1. The molecule has 4 aromatic rings. The van der Waals surface area contributed by atoms with Crippen LogP contribution in [0.2, 0.25) is 0 Å². The van der Waals surface area contributed by atoms with Gasteiger partial charge in [-0.25, -0.2) is 9.97 Å². The van der Waals surface area contributed by atoms with E-state index in [0.717, 1.165) is 26.7 Å². The maximum Gasteiger partial charge on any atom is 0.218 e. The maximum atomic E-state index is 14.0. The molecule has 0 amide bonds. The Morgan fingerprint density at radius 1 is 1.10 bits per heavy atom. The van der Waals surface area contributed by atoms with Crippen LogP contribution in [0.4, 0.5) is 4.39 Å². The van der Waals surface area contributed by atoms with E-state index in [-0.39, 0.29) is 5.56 Å². The van der Waals surface area contributed by atoms with Crippen LogP contribution in [0.15, 0.2) is 59.1 Å². The van der Waals surface area contributed by atoms with Crippen molar-refractivity contribution in [3.05, 3.63) is 72.0 Å². The maximum absolute atomic E-state index is 14.0. The van der Waals surface area contributed by atoms with Crippen molar-refractivity contribution in [2.75, 3.05) is 13.1 Å². The molecule has 0 atom stereocenters. The lowest BCUT2D eigenvalue weighted by atomic mass is 9.85. The molecule has 1 aliphatic rings. The van der Waals surface area contributed by atoms with Crippen molar-refractivity contribution in [3.63, 3.8) is 0 Å². The number of benzene rings is 1. The molecule has 0 spiro atoms. The first-order valence-electron chi connectivity index (χ1n) is 9.61. The van der Waals surface area contributed by atoms with Crippen LogP contribution in [-0.2, 0) is 12.1 Å². The summed E-state index contributed by atoms with van der Waals surface area (Å²) < 4.78 is 21.2. The third kappa shape index (κ3) is 3.57. The summed E-state index contributed by atoms with van der Waals surface area (Å²) in [4.78, 5) is 10.5. The molecule has 1 N–H and O–H groups in total. The lowest BCUT2D eigenvalue weighted by Gasteiger charge is -2.38. The number of fused-ring (bicyclic) bond motifs is 1. The molecule has 5 rings (SSSR count). The summed E-state index contributed by atoms with van der Waals surface area (Å²) in [5.74, 6) is 1.04. The second kappa shape index (κ2) is 7.33. The second-order valence-electron chi connectivity index (χ2n) is 7.40. The van der Waals surface area contributed by atoms with Crippen molar-refractivity contribution in [2.24, 2.45) is 0 Å². The molecule has 4 heterocycles. The van der Waals surface area contributed by atoms with Gasteiger partial charge in [-0.3, -0.25) is 4.90 Å². The smallest absolute Gasteiger partial charge is 0.218 e. The first-order chi connectivity index (χ1) is 14.1. The number of halogens is 1. The number of thiazole rings is 1. The predicted molar refractivity (Wildman–Crippen MR) is 110 cm³/mol. The summed E-state index contributed by atoms with van der Waals surface area (Å²) >= 11 is 1.62. The Balaban J connectivity index is 1.26. The molecule has 3 aromatic heterocycles. The Bertz CT molecular complexity index is 1110. The van der Waals surface area contributed by atoms with Gasteiger partial charge in [0.2, 0.25) is 5.95 Å². The van der Waals surface area contributed by atoms with E-state index in [1.807, 2.05) is 30.3 Å². The molecule has 0 unspecified atom stereocenters. The quantitative estimate of drug-likeness (QED) is 0.500. The van der Waals surface area contributed by atoms with E-state index in [2.05, 4.69) is 20.9 Å². The minimum absolute atomic E-state index is 0.288. The highest BCUT2D eigenvalue weighted by atomic mass is 32.1. The first-order valence-corrected chi connectivity index (χ1v) is 10.4. The molecular formula is C22H20FN3O2S. The Morgan fingerprint density at radius 2 is 1.93 bits per heavy atom. The molecular weight excluding hydrogens is 389 g/mol. The molecule has 5 nitrogen and oxygen atoms in total. The molecule has 29 heavy (non-hydrogen) atoms. The number of piperidine rings is 1. The molecule has 148 valence electrons. The van der Waals surface area contributed by atoms with Crippen LogP contribution in [-0.4, -0.2) is 33.1 Å². The zero-order valence-electron chi connectivity index (χ0n) is 15.7. The van der Waals surface area contributed by atoms with Gasteiger partial charge in [0.25, 0.3) is 0 Å². The van der Waals surface area contributed by atoms with Crippen LogP contribution in [0.1, 0.15) is 24.2 Å². The van der Waals surface area contributed by atoms with Crippen LogP contribution in [0.25, 0.3) is 21.0 Å².